The van der Waals surface area contributed by atoms with Gasteiger partial charge in [0, 0.05) is 19.3 Å². The van der Waals surface area contributed by atoms with Crippen molar-refractivity contribution >= 4 is 17.7 Å². The van der Waals surface area contributed by atoms with Gasteiger partial charge < -0.3 is 4.90 Å². The molecule has 0 saturated carbocycles. The van der Waals surface area contributed by atoms with Gasteiger partial charge in [0.25, 0.3) is 0 Å². The van der Waals surface area contributed by atoms with Gasteiger partial charge in [-0.05, 0) is 30.2 Å². The number of carbonyl (C=O) groups is 1. The Morgan fingerprint density at radius 3 is 2.50 bits per heavy atom. The van der Waals surface area contributed by atoms with Crippen molar-refractivity contribution in [2.75, 3.05) is 7.05 Å². The summed E-state index contributed by atoms with van der Waals surface area (Å²) in [5.41, 5.74) is 2.01. The van der Waals surface area contributed by atoms with Crippen LogP contribution < -0.4 is 0 Å². The molecule has 2 aromatic carbocycles. The monoisotopic (exact) mass is 317 g/mol. The lowest BCUT2D eigenvalue weighted by Gasteiger charge is -2.21. The van der Waals surface area contributed by atoms with E-state index in [9.17, 15) is 9.18 Å². The highest BCUT2D eigenvalue weighted by Gasteiger charge is 2.18. The molecule has 0 bridgehead atoms. The molecule has 116 valence electrons. The van der Waals surface area contributed by atoms with E-state index in [1.807, 2.05) is 50.4 Å². The molecule has 0 aromatic heterocycles. The van der Waals surface area contributed by atoms with Crippen molar-refractivity contribution in [2.24, 2.45) is 0 Å². The van der Waals surface area contributed by atoms with E-state index in [0.717, 1.165) is 11.1 Å². The lowest BCUT2D eigenvalue weighted by molar-refractivity contribution is -0.129. The SMILES string of the molecule is CC(SCc1cccc(F)c1)C(=O)N(C)Cc1ccccc1. The summed E-state index contributed by atoms with van der Waals surface area (Å²) in [7, 11) is 1.81. The largest absolute Gasteiger partial charge is 0.340 e. The molecule has 22 heavy (non-hydrogen) atoms. The molecule has 2 nitrogen and oxygen atoms in total. The summed E-state index contributed by atoms with van der Waals surface area (Å²) in [5, 5.41) is -0.156. The van der Waals surface area contributed by atoms with Crippen LogP contribution in [-0.4, -0.2) is 23.1 Å². The standard InChI is InChI=1S/C18H20FNOS/c1-14(22-13-16-9-6-10-17(19)11-16)18(21)20(2)12-15-7-4-3-5-8-15/h3-11,14H,12-13H2,1-2H3. The van der Waals surface area contributed by atoms with Crippen LogP contribution in [0.15, 0.2) is 54.6 Å². The highest BCUT2D eigenvalue weighted by atomic mass is 32.2. The third kappa shape index (κ3) is 4.88. The molecule has 0 aliphatic rings. The van der Waals surface area contributed by atoms with Gasteiger partial charge in [0.05, 0.1) is 5.25 Å². The number of hydrogen-bond acceptors (Lipinski definition) is 2. The maximum Gasteiger partial charge on any atom is 0.235 e. The zero-order valence-corrected chi connectivity index (χ0v) is 13.6. The Kier molecular flexibility index (Phi) is 6.01. The first-order valence-corrected chi connectivity index (χ1v) is 8.26. The second kappa shape index (κ2) is 7.99. The van der Waals surface area contributed by atoms with Crippen molar-refractivity contribution in [3.63, 3.8) is 0 Å². The van der Waals surface area contributed by atoms with Gasteiger partial charge in [-0.1, -0.05) is 42.5 Å². The Balaban J connectivity index is 1.86. The number of amides is 1. The van der Waals surface area contributed by atoms with Crippen LogP contribution in [0.4, 0.5) is 4.39 Å². The Morgan fingerprint density at radius 1 is 1.14 bits per heavy atom. The van der Waals surface area contributed by atoms with E-state index in [0.29, 0.717) is 12.3 Å². The van der Waals surface area contributed by atoms with Crippen LogP contribution in [-0.2, 0) is 17.1 Å². The molecule has 1 unspecified atom stereocenters. The second-order valence-corrected chi connectivity index (χ2v) is 6.59. The summed E-state index contributed by atoms with van der Waals surface area (Å²) in [6, 6.07) is 16.4. The Morgan fingerprint density at radius 2 is 1.82 bits per heavy atom. The summed E-state index contributed by atoms with van der Waals surface area (Å²) < 4.78 is 13.1. The van der Waals surface area contributed by atoms with Gasteiger partial charge in [-0.25, -0.2) is 4.39 Å². The van der Waals surface area contributed by atoms with E-state index in [1.54, 1.807) is 11.0 Å². The van der Waals surface area contributed by atoms with Gasteiger partial charge in [0.1, 0.15) is 5.82 Å². The molecule has 1 atom stereocenters. The van der Waals surface area contributed by atoms with Crippen molar-refractivity contribution in [3.05, 3.63) is 71.5 Å². The number of benzene rings is 2. The quantitative estimate of drug-likeness (QED) is 0.799. The molecule has 0 radical (unpaired) electrons. The van der Waals surface area contributed by atoms with E-state index >= 15 is 0 Å². The summed E-state index contributed by atoms with van der Waals surface area (Å²) in [6.45, 7) is 2.50. The predicted octanol–water partition coefficient (Wildman–Crippen LogP) is 4.11. The van der Waals surface area contributed by atoms with Crippen LogP contribution in [0.3, 0.4) is 0 Å². The molecule has 4 heteroatoms. The van der Waals surface area contributed by atoms with Crippen LogP contribution in [0, 0.1) is 5.82 Å². The Labute approximate surface area is 135 Å². The average Bonchev–Trinajstić information content (AvgIpc) is 2.53. The fraction of sp³-hybridized carbons (Fsp3) is 0.278. The predicted molar refractivity (Wildman–Crippen MR) is 90.1 cm³/mol. The molecule has 0 saturated heterocycles. The van der Waals surface area contributed by atoms with Crippen LogP contribution in [0.25, 0.3) is 0 Å². The maximum absolute atomic E-state index is 13.1. The van der Waals surface area contributed by atoms with Crippen LogP contribution in [0.2, 0.25) is 0 Å². The van der Waals surface area contributed by atoms with E-state index in [2.05, 4.69) is 0 Å². The fourth-order valence-electron chi connectivity index (χ4n) is 2.16. The van der Waals surface area contributed by atoms with E-state index < -0.39 is 0 Å². The zero-order chi connectivity index (χ0) is 15.9. The smallest absolute Gasteiger partial charge is 0.235 e. The lowest BCUT2D eigenvalue weighted by Crippen LogP contribution is -2.32. The molecule has 2 rings (SSSR count). The van der Waals surface area contributed by atoms with E-state index in [-0.39, 0.29) is 17.0 Å². The second-order valence-electron chi connectivity index (χ2n) is 5.26. The first-order valence-electron chi connectivity index (χ1n) is 7.21. The van der Waals surface area contributed by atoms with Crippen LogP contribution >= 0.6 is 11.8 Å². The third-order valence-electron chi connectivity index (χ3n) is 3.38. The molecule has 0 fully saturated rings. The molecule has 2 aromatic rings. The highest BCUT2D eigenvalue weighted by Crippen LogP contribution is 2.20. The van der Waals surface area contributed by atoms with Gasteiger partial charge >= 0.3 is 0 Å². The number of thioether (sulfide) groups is 1. The molecule has 0 N–H and O–H groups in total. The zero-order valence-electron chi connectivity index (χ0n) is 12.8. The van der Waals surface area contributed by atoms with Crippen molar-refractivity contribution in [3.8, 4) is 0 Å². The maximum atomic E-state index is 13.1. The number of halogens is 1. The molecule has 0 aliphatic heterocycles. The summed E-state index contributed by atoms with van der Waals surface area (Å²) in [6.07, 6.45) is 0. The van der Waals surface area contributed by atoms with Crippen LogP contribution in [0.1, 0.15) is 18.1 Å². The third-order valence-corrected chi connectivity index (χ3v) is 4.58. The minimum Gasteiger partial charge on any atom is -0.340 e. The summed E-state index contributed by atoms with van der Waals surface area (Å²) in [5.74, 6) is 0.479. The highest BCUT2D eigenvalue weighted by molar-refractivity contribution is 7.99. The number of carbonyl (C=O) groups excluding carboxylic acids is 1. The normalized spacial score (nSPS) is 12.0. The van der Waals surface area contributed by atoms with Gasteiger partial charge in [-0.3, -0.25) is 4.79 Å². The number of rotatable bonds is 6. The minimum atomic E-state index is -0.238. The van der Waals surface area contributed by atoms with Crippen molar-refractivity contribution < 1.29 is 9.18 Å². The van der Waals surface area contributed by atoms with Gasteiger partial charge in [-0.2, -0.15) is 0 Å². The van der Waals surface area contributed by atoms with Crippen LogP contribution in [0.5, 0.6) is 0 Å². The molecule has 1 amide bonds. The van der Waals surface area contributed by atoms with Gasteiger partial charge in [-0.15, -0.1) is 11.8 Å². The van der Waals surface area contributed by atoms with E-state index in [1.165, 1.54) is 23.9 Å². The Bertz CT molecular complexity index is 617. The Hall–Kier alpha value is -1.81. The van der Waals surface area contributed by atoms with Crippen molar-refractivity contribution in [1.82, 2.24) is 4.90 Å². The first kappa shape index (κ1) is 16.6. The van der Waals surface area contributed by atoms with Crippen molar-refractivity contribution in [1.29, 1.82) is 0 Å². The minimum absolute atomic E-state index is 0.0882. The van der Waals surface area contributed by atoms with Crippen molar-refractivity contribution in [2.45, 2.75) is 24.5 Å². The molecule has 0 heterocycles. The molecular weight excluding hydrogens is 297 g/mol. The number of nitrogens with zero attached hydrogens (tertiary/aromatic N) is 1. The summed E-state index contributed by atoms with van der Waals surface area (Å²) >= 11 is 1.53. The van der Waals surface area contributed by atoms with E-state index in [4.69, 9.17) is 0 Å². The molecular formula is C18H20FNOS. The molecule has 0 spiro atoms. The lowest BCUT2D eigenvalue weighted by atomic mass is 10.2. The van der Waals surface area contributed by atoms with Gasteiger partial charge in [0.2, 0.25) is 5.91 Å². The topological polar surface area (TPSA) is 20.3 Å². The molecule has 0 aliphatic carbocycles. The number of hydrogen-bond donors (Lipinski definition) is 0. The van der Waals surface area contributed by atoms with Gasteiger partial charge in [0.15, 0.2) is 0 Å². The first-order chi connectivity index (χ1) is 10.6. The fourth-order valence-corrected chi connectivity index (χ4v) is 3.11. The summed E-state index contributed by atoms with van der Waals surface area (Å²) in [4.78, 5) is 14.1. The average molecular weight is 317 g/mol.